The van der Waals surface area contributed by atoms with Gasteiger partial charge in [0.15, 0.2) is 0 Å². The molecule has 0 aliphatic heterocycles. The highest BCUT2D eigenvalue weighted by atomic mass is 79.9. The first-order valence-corrected chi connectivity index (χ1v) is 7.99. The molecular formula is C16H22BrNO. The number of hydrogen-bond acceptors (Lipinski definition) is 1. The first-order chi connectivity index (χ1) is 9.08. The van der Waals surface area contributed by atoms with Gasteiger partial charge in [-0.05, 0) is 44.2 Å². The first-order valence-electron chi connectivity index (χ1n) is 7.07. The molecule has 0 bridgehead atoms. The number of hydrogen-bond donors (Lipinski definition) is 1. The lowest BCUT2D eigenvalue weighted by molar-refractivity contribution is 0.0944. The monoisotopic (exact) mass is 323 g/mol. The van der Waals surface area contributed by atoms with E-state index in [2.05, 4.69) is 21.2 Å². The smallest absolute Gasteiger partial charge is 0.251 e. The van der Waals surface area contributed by atoms with Crippen LogP contribution in [0.4, 0.5) is 0 Å². The standard InChI is InChI=1S/C16H22BrNO/c1-11-7-8-12(2)14(9-11)16(19)18-10-13-5-3-4-6-15(13)17/h7-9,13,15H,3-6,10H2,1-2H3,(H,18,19). The first kappa shape index (κ1) is 14.6. The molecule has 19 heavy (non-hydrogen) atoms. The van der Waals surface area contributed by atoms with Crippen molar-refractivity contribution in [3.05, 3.63) is 34.9 Å². The van der Waals surface area contributed by atoms with Crippen LogP contribution < -0.4 is 5.32 Å². The van der Waals surface area contributed by atoms with Gasteiger partial charge in [0.2, 0.25) is 0 Å². The molecule has 1 amide bonds. The van der Waals surface area contributed by atoms with Crippen molar-refractivity contribution in [2.24, 2.45) is 5.92 Å². The van der Waals surface area contributed by atoms with E-state index in [1.165, 1.54) is 25.7 Å². The van der Waals surface area contributed by atoms with Gasteiger partial charge < -0.3 is 5.32 Å². The Kier molecular flexibility index (Phi) is 5.03. The number of alkyl halides is 1. The molecule has 0 spiro atoms. The van der Waals surface area contributed by atoms with Crippen molar-refractivity contribution in [1.82, 2.24) is 5.32 Å². The van der Waals surface area contributed by atoms with Crippen molar-refractivity contribution in [3.8, 4) is 0 Å². The van der Waals surface area contributed by atoms with E-state index >= 15 is 0 Å². The topological polar surface area (TPSA) is 29.1 Å². The Hall–Kier alpha value is -0.830. The summed E-state index contributed by atoms with van der Waals surface area (Å²) in [5.74, 6) is 0.634. The van der Waals surface area contributed by atoms with E-state index in [9.17, 15) is 4.79 Å². The molecule has 2 nitrogen and oxygen atoms in total. The molecule has 0 heterocycles. The summed E-state index contributed by atoms with van der Waals surface area (Å²) in [4.78, 5) is 12.8. The lowest BCUT2D eigenvalue weighted by Crippen LogP contribution is -2.34. The predicted molar refractivity (Wildman–Crippen MR) is 82.9 cm³/mol. The third kappa shape index (κ3) is 3.82. The average Bonchev–Trinajstić information content (AvgIpc) is 2.40. The van der Waals surface area contributed by atoms with Crippen LogP contribution in [0.2, 0.25) is 0 Å². The lowest BCUT2D eigenvalue weighted by atomic mass is 9.89. The number of aryl methyl sites for hydroxylation is 2. The molecule has 2 unspecified atom stereocenters. The van der Waals surface area contributed by atoms with Crippen LogP contribution in [0, 0.1) is 19.8 Å². The minimum absolute atomic E-state index is 0.0615. The molecule has 3 heteroatoms. The third-order valence-electron chi connectivity index (χ3n) is 3.98. The largest absolute Gasteiger partial charge is 0.352 e. The highest BCUT2D eigenvalue weighted by Gasteiger charge is 2.23. The normalized spacial score (nSPS) is 23.1. The second kappa shape index (κ2) is 6.56. The van der Waals surface area contributed by atoms with Crippen LogP contribution in [0.15, 0.2) is 18.2 Å². The molecule has 0 aromatic heterocycles. The summed E-state index contributed by atoms with van der Waals surface area (Å²) in [5, 5.41) is 3.10. The van der Waals surface area contributed by atoms with Gasteiger partial charge in [0.1, 0.15) is 0 Å². The maximum atomic E-state index is 12.2. The molecule has 1 aliphatic rings. The van der Waals surface area contributed by atoms with Crippen LogP contribution in [0.3, 0.4) is 0 Å². The second-order valence-corrected chi connectivity index (χ2v) is 6.77. The minimum atomic E-state index is 0.0615. The average molecular weight is 324 g/mol. The van der Waals surface area contributed by atoms with Gasteiger partial charge in [-0.2, -0.15) is 0 Å². The zero-order valence-electron chi connectivity index (χ0n) is 11.7. The SMILES string of the molecule is Cc1ccc(C)c(C(=O)NCC2CCCCC2Br)c1. The molecule has 1 fully saturated rings. The zero-order chi connectivity index (χ0) is 13.8. The Bertz CT molecular complexity index is 458. The summed E-state index contributed by atoms with van der Waals surface area (Å²) in [6, 6.07) is 6.02. The Labute approximate surface area is 124 Å². The van der Waals surface area contributed by atoms with E-state index in [-0.39, 0.29) is 5.91 Å². The van der Waals surface area contributed by atoms with Crippen LogP contribution in [-0.4, -0.2) is 17.3 Å². The van der Waals surface area contributed by atoms with Crippen molar-refractivity contribution in [2.75, 3.05) is 6.54 Å². The fraction of sp³-hybridized carbons (Fsp3) is 0.562. The van der Waals surface area contributed by atoms with Gasteiger partial charge in [-0.15, -0.1) is 0 Å². The van der Waals surface area contributed by atoms with Gasteiger partial charge in [0.05, 0.1) is 0 Å². The van der Waals surface area contributed by atoms with Gasteiger partial charge >= 0.3 is 0 Å². The Morgan fingerprint density at radius 2 is 2.05 bits per heavy atom. The fourth-order valence-corrected chi connectivity index (χ4v) is 3.47. The van der Waals surface area contributed by atoms with Crippen molar-refractivity contribution in [1.29, 1.82) is 0 Å². The molecule has 2 atom stereocenters. The molecule has 1 aromatic rings. The highest BCUT2D eigenvalue weighted by molar-refractivity contribution is 9.09. The summed E-state index contributed by atoms with van der Waals surface area (Å²) < 4.78 is 0. The van der Waals surface area contributed by atoms with Gasteiger partial charge in [-0.1, -0.05) is 46.5 Å². The molecular weight excluding hydrogens is 302 g/mol. The molecule has 2 rings (SSSR count). The molecule has 1 aromatic carbocycles. The minimum Gasteiger partial charge on any atom is -0.352 e. The third-order valence-corrected chi connectivity index (χ3v) is 5.18. The van der Waals surface area contributed by atoms with Crippen LogP contribution >= 0.6 is 15.9 Å². The Morgan fingerprint density at radius 1 is 1.32 bits per heavy atom. The van der Waals surface area contributed by atoms with Crippen LogP contribution in [0.1, 0.15) is 47.2 Å². The number of carbonyl (C=O) groups is 1. The number of rotatable bonds is 3. The van der Waals surface area contributed by atoms with Gasteiger partial charge in [0.25, 0.3) is 5.91 Å². The maximum Gasteiger partial charge on any atom is 0.251 e. The quantitative estimate of drug-likeness (QED) is 0.837. The van der Waals surface area contributed by atoms with Gasteiger partial charge in [-0.25, -0.2) is 0 Å². The van der Waals surface area contributed by atoms with Crippen LogP contribution in [0.5, 0.6) is 0 Å². The Balaban J connectivity index is 1.95. The molecule has 104 valence electrons. The number of carbonyl (C=O) groups excluding carboxylic acids is 1. The van der Waals surface area contributed by atoms with Crippen LogP contribution in [-0.2, 0) is 0 Å². The van der Waals surface area contributed by atoms with E-state index < -0.39 is 0 Å². The lowest BCUT2D eigenvalue weighted by Gasteiger charge is -2.27. The fourth-order valence-electron chi connectivity index (χ4n) is 2.69. The van der Waals surface area contributed by atoms with Crippen molar-refractivity contribution in [2.45, 2.75) is 44.4 Å². The molecule has 1 saturated carbocycles. The second-order valence-electron chi connectivity index (χ2n) is 5.59. The zero-order valence-corrected chi connectivity index (χ0v) is 13.3. The molecule has 1 aliphatic carbocycles. The van der Waals surface area contributed by atoms with E-state index in [1.807, 2.05) is 32.0 Å². The maximum absolute atomic E-state index is 12.2. The van der Waals surface area contributed by atoms with Gasteiger partial charge in [0, 0.05) is 16.9 Å². The summed E-state index contributed by atoms with van der Waals surface area (Å²) in [6.45, 7) is 4.79. The summed E-state index contributed by atoms with van der Waals surface area (Å²) in [5.41, 5.74) is 2.98. The van der Waals surface area contributed by atoms with E-state index in [1.54, 1.807) is 0 Å². The molecule has 1 N–H and O–H groups in total. The van der Waals surface area contributed by atoms with Crippen molar-refractivity contribution in [3.63, 3.8) is 0 Å². The summed E-state index contributed by atoms with van der Waals surface area (Å²) >= 11 is 3.74. The van der Waals surface area contributed by atoms with Crippen molar-refractivity contribution < 1.29 is 4.79 Å². The predicted octanol–water partition coefficient (Wildman–Crippen LogP) is 3.99. The number of nitrogens with one attached hydrogen (secondary N) is 1. The molecule has 0 radical (unpaired) electrons. The summed E-state index contributed by atoms with van der Waals surface area (Å²) in [6.07, 6.45) is 5.02. The highest BCUT2D eigenvalue weighted by Crippen LogP contribution is 2.29. The van der Waals surface area contributed by atoms with E-state index in [0.29, 0.717) is 10.7 Å². The van der Waals surface area contributed by atoms with Crippen molar-refractivity contribution >= 4 is 21.8 Å². The number of amides is 1. The van der Waals surface area contributed by atoms with Crippen LogP contribution in [0.25, 0.3) is 0 Å². The van der Waals surface area contributed by atoms with Gasteiger partial charge in [-0.3, -0.25) is 4.79 Å². The Morgan fingerprint density at radius 3 is 2.79 bits per heavy atom. The van der Waals surface area contributed by atoms with E-state index in [0.717, 1.165) is 23.2 Å². The number of halogens is 1. The number of benzene rings is 1. The molecule has 0 saturated heterocycles. The van der Waals surface area contributed by atoms with E-state index in [4.69, 9.17) is 0 Å². The summed E-state index contributed by atoms with van der Waals surface area (Å²) in [7, 11) is 0.